The Balaban J connectivity index is 2.33. The van der Waals surface area contributed by atoms with E-state index in [0.717, 1.165) is 18.7 Å². The summed E-state index contributed by atoms with van der Waals surface area (Å²) in [4.78, 5) is 3.92. The summed E-state index contributed by atoms with van der Waals surface area (Å²) in [6.07, 6.45) is 2.45. The van der Waals surface area contributed by atoms with Gasteiger partial charge in [0.05, 0.1) is 16.9 Å². The van der Waals surface area contributed by atoms with Crippen LogP contribution in [0.2, 0.25) is 5.02 Å². The zero-order valence-electron chi connectivity index (χ0n) is 12.3. The number of pyridine rings is 1. The highest BCUT2D eigenvalue weighted by atomic mass is 35.5. The van der Waals surface area contributed by atoms with E-state index in [4.69, 9.17) is 11.6 Å². The Kier molecular flexibility index (Phi) is 4.83. The molecule has 0 aromatic carbocycles. The average molecular weight is 337 g/mol. The lowest BCUT2D eigenvalue weighted by atomic mass is 9.75. The molecule has 21 heavy (non-hydrogen) atoms. The van der Waals surface area contributed by atoms with Crippen molar-refractivity contribution >= 4 is 23.0 Å². The summed E-state index contributed by atoms with van der Waals surface area (Å²) in [7, 11) is 0. The zero-order valence-corrected chi connectivity index (χ0v) is 13.8. The highest BCUT2D eigenvalue weighted by Crippen LogP contribution is 2.47. The fourth-order valence-corrected chi connectivity index (χ4v) is 3.28. The van der Waals surface area contributed by atoms with Gasteiger partial charge in [0, 0.05) is 11.4 Å². The van der Waals surface area contributed by atoms with Crippen molar-refractivity contribution in [1.82, 2.24) is 9.71 Å². The van der Waals surface area contributed by atoms with Crippen molar-refractivity contribution < 1.29 is 13.3 Å². The second-order valence-corrected chi connectivity index (χ2v) is 8.75. The third-order valence-corrected chi connectivity index (χ3v) is 5.46. The molecule has 1 unspecified atom stereocenters. The number of alkyl halides is 1. The first-order valence-electron chi connectivity index (χ1n) is 6.81. The molecule has 1 aromatic heterocycles. The molecule has 2 rings (SSSR count). The number of nitrogens with zero attached hydrogens (tertiary/aromatic N) is 1. The summed E-state index contributed by atoms with van der Waals surface area (Å²) in [5.41, 5.74) is -1.34. The van der Waals surface area contributed by atoms with Crippen LogP contribution >= 0.6 is 11.6 Å². The van der Waals surface area contributed by atoms with Gasteiger partial charge in [-0.25, -0.2) is 8.78 Å². The van der Waals surface area contributed by atoms with Crippen LogP contribution in [0.4, 0.5) is 8.78 Å². The normalized spacial score (nSPS) is 20.7. The van der Waals surface area contributed by atoms with Crippen LogP contribution in [0.3, 0.4) is 0 Å². The summed E-state index contributed by atoms with van der Waals surface area (Å²) >= 11 is 4.52. The van der Waals surface area contributed by atoms with Crippen molar-refractivity contribution in [2.24, 2.45) is 0 Å². The molecule has 2 atom stereocenters. The second-order valence-electron chi connectivity index (χ2n) is 6.34. The quantitative estimate of drug-likeness (QED) is 0.849. The molecule has 0 bridgehead atoms. The summed E-state index contributed by atoms with van der Waals surface area (Å²) < 4.78 is 42.6. The molecule has 1 N–H and O–H groups in total. The van der Waals surface area contributed by atoms with Crippen molar-refractivity contribution in [2.75, 3.05) is 0 Å². The molecule has 1 aliphatic rings. The minimum atomic E-state index is -1.55. The van der Waals surface area contributed by atoms with Gasteiger partial charge in [-0.05, 0) is 46.1 Å². The van der Waals surface area contributed by atoms with Crippen LogP contribution in [0.5, 0.6) is 0 Å². The number of halogens is 3. The van der Waals surface area contributed by atoms with Crippen LogP contribution < -0.4 is 4.72 Å². The van der Waals surface area contributed by atoms with E-state index in [-0.39, 0.29) is 10.7 Å². The highest BCUT2D eigenvalue weighted by molar-refractivity contribution is 7.90. The largest absolute Gasteiger partial charge is 0.598 e. The number of hydrogen-bond donors (Lipinski definition) is 1. The summed E-state index contributed by atoms with van der Waals surface area (Å²) in [5, 5.41) is 0.0438. The Bertz CT molecular complexity index is 520. The van der Waals surface area contributed by atoms with Crippen LogP contribution in [0, 0.1) is 5.82 Å². The van der Waals surface area contributed by atoms with E-state index in [9.17, 15) is 13.3 Å². The Morgan fingerprint density at radius 2 is 2.10 bits per heavy atom. The van der Waals surface area contributed by atoms with Crippen molar-refractivity contribution in [1.29, 1.82) is 0 Å². The Hall–Kier alpha value is -0.430. The fourth-order valence-electron chi connectivity index (χ4n) is 2.13. The van der Waals surface area contributed by atoms with Gasteiger partial charge in [-0.3, -0.25) is 4.98 Å². The number of hydrogen-bond acceptors (Lipinski definition) is 3. The maximum atomic E-state index is 14.9. The molecule has 0 saturated heterocycles. The molecular formula is C14H19ClF2N2OS. The molecule has 0 amide bonds. The van der Waals surface area contributed by atoms with E-state index in [1.54, 1.807) is 20.8 Å². The van der Waals surface area contributed by atoms with Gasteiger partial charge in [0.1, 0.15) is 22.3 Å². The first-order valence-corrected chi connectivity index (χ1v) is 8.34. The summed E-state index contributed by atoms with van der Waals surface area (Å²) in [6, 6.07) is 0.194. The average Bonchev–Trinajstić information content (AvgIpc) is 2.32. The molecule has 3 nitrogen and oxygen atoms in total. The third kappa shape index (κ3) is 3.67. The molecule has 7 heteroatoms. The van der Waals surface area contributed by atoms with Gasteiger partial charge in [-0.2, -0.15) is 0 Å². The van der Waals surface area contributed by atoms with Crippen LogP contribution in [-0.2, 0) is 11.4 Å². The molecular weight excluding hydrogens is 318 g/mol. The first kappa shape index (κ1) is 16.9. The predicted molar refractivity (Wildman–Crippen MR) is 80.7 cm³/mol. The van der Waals surface area contributed by atoms with Crippen molar-refractivity contribution in [2.45, 2.75) is 56.5 Å². The standard InChI is InChI=1S/C14H19ClF2N2OS/c1-13(2,3)21(20)19-12(14(17)5-4-6-14)11-10(15)7-9(16)8-18-11/h7-8,12,19H,4-6H2,1-3H3/t12-,21?/m1/s1. The number of nitrogens with one attached hydrogen (secondary N) is 1. The lowest BCUT2D eigenvalue weighted by molar-refractivity contribution is 0.0262. The minimum absolute atomic E-state index is 0.0438. The molecule has 1 aliphatic carbocycles. The van der Waals surface area contributed by atoms with Crippen LogP contribution in [0.25, 0.3) is 0 Å². The monoisotopic (exact) mass is 336 g/mol. The van der Waals surface area contributed by atoms with Crippen molar-refractivity contribution in [3.8, 4) is 0 Å². The Morgan fingerprint density at radius 3 is 2.52 bits per heavy atom. The Morgan fingerprint density at radius 1 is 1.48 bits per heavy atom. The lowest BCUT2D eigenvalue weighted by Crippen LogP contribution is -2.51. The van der Waals surface area contributed by atoms with Gasteiger partial charge in [0.25, 0.3) is 0 Å². The molecule has 0 spiro atoms. The van der Waals surface area contributed by atoms with Gasteiger partial charge in [0.15, 0.2) is 0 Å². The van der Waals surface area contributed by atoms with Gasteiger partial charge in [0.2, 0.25) is 0 Å². The van der Waals surface area contributed by atoms with E-state index in [0.29, 0.717) is 12.8 Å². The zero-order chi connectivity index (χ0) is 15.8. The topological polar surface area (TPSA) is 48.0 Å². The maximum Gasteiger partial charge on any atom is 0.142 e. The third-order valence-electron chi connectivity index (χ3n) is 3.59. The van der Waals surface area contributed by atoms with Crippen molar-refractivity contribution in [3.05, 3.63) is 28.8 Å². The number of rotatable bonds is 4. The maximum absolute atomic E-state index is 14.9. The Labute approximate surface area is 131 Å². The first-order chi connectivity index (χ1) is 9.63. The van der Waals surface area contributed by atoms with E-state index >= 15 is 0 Å². The van der Waals surface area contributed by atoms with Crippen LogP contribution in [-0.4, -0.2) is 20.0 Å². The van der Waals surface area contributed by atoms with E-state index in [1.165, 1.54) is 0 Å². The molecule has 1 saturated carbocycles. The van der Waals surface area contributed by atoms with Gasteiger partial charge < -0.3 is 4.55 Å². The van der Waals surface area contributed by atoms with Gasteiger partial charge in [-0.1, -0.05) is 11.6 Å². The van der Waals surface area contributed by atoms with E-state index in [2.05, 4.69) is 9.71 Å². The summed E-state index contributed by atoms with van der Waals surface area (Å²) in [5.74, 6) is -0.582. The smallest absolute Gasteiger partial charge is 0.142 e. The molecule has 0 aliphatic heterocycles. The van der Waals surface area contributed by atoms with Gasteiger partial charge >= 0.3 is 0 Å². The SMILES string of the molecule is CC(C)(C)[S+]([O-])N[C@H](c1ncc(F)cc1Cl)C1(F)CCC1. The number of aromatic nitrogens is 1. The van der Waals surface area contributed by atoms with Crippen LogP contribution in [0.15, 0.2) is 12.3 Å². The second kappa shape index (κ2) is 5.99. The van der Waals surface area contributed by atoms with Gasteiger partial charge in [-0.15, -0.1) is 4.72 Å². The van der Waals surface area contributed by atoms with Crippen molar-refractivity contribution in [3.63, 3.8) is 0 Å². The molecule has 1 aromatic rings. The van der Waals surface area contributed by atoms with Crippen LogP contribution in [0.1, 0.15) is 51.8 Å². The van der Waals surface area contributed by atoms with E-state index in [1.807, 2.05) is 0 Å². The highest BCUT2D eigenvalue weighted by Gasteiger charge is 2.50. The minimum Gasteiger partial charge on any atom is -0.598 e. The predicted octanol–water partition coefficient (Wildman–Crippen LogP) is 3.86. The fraction of sp³-hybridized carbons (Fsp3) is 0.643. The molecule has 1 fully saturated rings. The lowest BCUT2D eigenvalue weighted by Gasteiger charge is -2.41. The summed E-state index contributed by atoms with van der Waals surface area (Å²) in [6.45, 7) is 5.37. The molecule has 0 radical (unpaired) electrons. The molecule has 118 valence electrons. The van der Waals surface area contributed by atoms with E-state index < -0.39 is 33.6 Å². The molecule has 1 heterocycles.